The Balaban J connectivity index is 2.01. The topological polar surface area (TPSA) is 43.4 Å². The number of methoxy groups -OCH3 is 1. The SMILES string of the molecule is C=C1CCC[C@H]2[C@](C)(CC3=C(Cl)C(=O)C=C(OC)C3=O)[C@@H](C)CC[C@]12C. The van der Waals surface area contributed by atoms with Crippen LogP contribution in [0.2, 0.25) is 0 Å². The Kier molecular flexibility index (Phi) is 4.98. The van der Waals surface area contributed by atoms with Gasteiger partial charge in [0.05, 0.1) is 12.1 Å². The van der Waals surface area contributed by atoms with Crippen LogP contribution in [0.4, 0.5) is 0 Å². The van der Waals surface area contributed by atoms with Crippen molar-refractivity contribution in [2.45, 2.75) is 59.3 Å². The van der Waals surface area contributed by atoms with Crippen LogP contribution in [0.5, 0.6) is 0 Å². The van der Waals surface area contributed by atoms with E-state index >= 15 is 0 Å². The summed E-state index contributed by atoms with van der Waals surface area (Å²) in [6.07, 6.45) is 7.34. The number of ether oxygens (including phenoxy) is 1. The Hall–Kier alpha value is -1.35. The molecule has 4 atom stereocenters. The van der Waals surface area contributed by atoms with Gasteiger partial charge in [-0.3, -0.25) is 9.59 Å². The number of carbonyl (C=O) groups is 2. The Morgan fingerprint density at radius 1 is 1.31 bits per heavy atom. The van der Waals surface area contributed by atoms with E-state index in [1.807, 2.05) is 0 Å². The van der Waals surface area contributed by atoms with Crippen molar-refractivity contribution in [3.05, 3.63) is 34.6 Å². The van der Waals surface area contributed by atoms with Crippen molar-refractivity contribution in [3.63, 3.8) is 0 Å². The van der Waals surface area contributed by atoms with Gasteiger partial charge in [0.2, 0.25) is 11.6 Å². The molecule has 0 aromatic carbocycles. The first kappa shape index (κ1) is 19.4. The van der Waals surface area contributed by atoms with E-state index in [1.54, 1.807) is 0 Å². The first-order valence-corrected chi connectivity index (χ1v) is 9.94. The van der Waals surface area contributed by atoms with Crippen LogP contribution in [-0.2, 0) is 14.3 Å². The average Bonchev–Trinajstić information content (AvgIpc) is 2.61. The lowest BCUT2D eigenvalue weighted by atomic mass is 9.46. The Labute approximate surface area is 161 Å². The lowest BCUT2D eigenvalue weighted by Crippen LogP contribution is -2.50. The zero-order chi connectivity index (χ0) is 19.3. The number of rotatable bonds is 3. The normalized spacial score (nSPS) is 38.2. The first-order chi connectivity index (χ1) is 12.1. The smallest absolute Gasteiger partial charge is 0.225 e. The summed E-state index contributed by atoms with van der Waals surface area (Å²) < 4.78 is 5.13. The summed E-state index contributed by atoms with van der Waals surface area (Å²) in [5.74, 6) is 0.408. The maximum Gasteiger partial charge on any atom is 0.225 e. The predicted octanol–water partition coefficient (Wildman–Crippen LogP) is 5.35. The fourth-order valence-electron chi connectivity index (χ4n) is 5.60. The number of halogens is 1. The van der Waals surface area contributed by atoms with Crippen LogP contribution < -0.4 is 0 Å². The van der Waals surface area contributed by atoms with Crippen molar-refractivity contribution in [3.8, 4) is 0 Å². The maximum atomic E-state index is 12.8. The highest BCUT2D eigenvalue weighted by molar-refractivity contribution is 6.48. The highest BCUT2D eigenvalue weighted by Crippen LogP contribution is 2.63. The second-order valence-electron chi connectivity index (χ2n) is 8.79. The summed E-state index contributed by atoms with van der Waals surface area (Å²) in [5, 5.41) is 0.0612. The van der Waals surface area contributed by atoms with Gasteiger partial charge in [0, 0.05) is 11.6 Å². The highest BCUT2D eigenvalue weighted by Gasteiger charge is 2.54. The van der Waals surface area contributed by atoms with E-state index in [-0.39, 0.29) is 33.2 Å². The molecule has 0 aromatic heterocycles. The van der Waals surface area contributed by atoms with Crippen LogP contribution in [-0.4, -0.2) is 18.7 Å². The summed E-state index contributed by atoms with van der Waals surface area (Å²) >= 11 is 6.31. The molecule has 3 nitrogen and oxygen atoms in total. The van der Waals surface area contributed by atoms with E-state index < -0.39 is 0 Å². The molecule has 26 heavy (non-hydrogen) atoms. The van der Waals surface area contributed by atoms with Gasteiger partial charge in [-0.2, -0.15) is 0 Å². The van der Waals surface area contributed by atoms with Crippen molar-refractivity contribution in [2.75, 3.05) is 7.11 Å². The van der Waals surface area contributed by atoms with Crippen LogP contribution in [0.15, 0.2) is 34.6 Å². The fourth-order valence-corrected chi connectivity index (χ4v) is 5.81. The van der Waals surface area contributed by atoms with Crippen LogP contribution in [0.3, 0.4) is 0 Å². The van der Waals surface area contributed by atoms with E-state index in [2.05, 4.69) is 27.4 Å². The molecule has 0 saturated heterocycles. The van der Waals surface area contributed by atoms with E-state index in [0.717, 1.165) is 32.1 Å². The minimum Gasteiger partial charge on any atom is -0.493 e. The Morgan fingerprint density at radius 3 is 2.65 bits per heavy atom. The average molecular weight is 377 g/mol. The molecule has 2 saturated carbocycles. The van der Waals surface area contributed by atoms with Crippen LogP contribution in [0.25, 0.3) is 0 Å². The van der Waals surface area contributed by atoms with Crippen molar-refractivity contribution in [1.29, 1.82) is 0 Å². The summed E-state index contributed by atoms with van der Waals surface area (Å²) in [5.41, 5.74) is 1.77. The molecule has 3 aliphatic carbocycles. The molecule has 0 unspecified atom stereocenters. The molecule has 0 radical (unpaired) electrons. The van der Waals surface area contributed by atoms with Gasteiger partial charge < -0.3 is 4.74 Å². The molecule has 142 valence electrons. The van der Waals surface area contributed by atoms with Crippen molar-refractivity contribution in [1.82, 2.24) is 0 Å². The lowest BCUT2D eigenvalue weighted by molar-refractivity contribution is -0.119. The summed E-state index contributed by atoms with van der Waals surface area (Å²) in [7, 11) is 1.42. The minimum absolute atomic E-state index is 0.0612. The molecule has 0 heterocycles. The molecule has 0 aliphatic heterocycles. The number of carbonyl (C=O) groups excluding carboxylic acids is 2. The Morgan fingerprint density at radius 2 is 2.00 bits per heavy atom. The molecule has 0 bridgehead atoms. The van der Waals surface area contributed by atoms with Crippen LogP contribution in [0.1, 0.15) is 59.3 Å². The van der Waals surface area contributed by atoms with Gasteiger partial charge in [-0.05, 0) is 61.2 Å². The molecule has 3 rings (SSSR count). The largest absolute Gasteiger partial charge is 0.493 e. The van der Waals surface area contributed by atoms with Crippen molar-refractivity contribution < 1.29 is 14.3 Å². The third-order valence-corrected chi connectivity index (χ3v) is 8.00. The quantitative estimate of drug-likeness (QED) is 0.492. The number of allylic oxidation sites excluding steroid dienone is 4. The molecule has 3 aliphatic rings. The monoisotopic (exact) mass is 376 g/mol. The van der Waals surface area contributed by atoms with Gasteiger partial charge in [-0.1, -0.05) is 44.5 Å². The van der Waals surface area contributed by atoms with Gasteiger partial charge in [-0.25, -0.2) is 0 Å². The van der Waals surface area contributed by atoms with Gasteiger partial charge in [-0.15, -0.1) is 0 Å². The molecular formula is C22H29ClO3. The van der Waals surface area contributed by atoms with Gasteiger partial charge in [0.15, 0.2) is 5.76 Å². The summed E-state index contributed by atoms with van der Waals surface area (Å²) in [4.78, 5) is 25.1. The molecule has 0 N–H and O–H groups in total. The van der Waals surface area contributed by atoms with Gasteiger partial charge >= 0.3 is 0 Å². The maximum absolute atomic E-state index is 12.8. The molecule has 4 heteroatoms. The molecule has 0 aromatic rings. The number of fused-ring (bicyclic) bond motifs is 1. The lowest BCUT2D eigenvalue weighted by Gasteiger charge is -2.59. The number of ketones is 2. The Bertz CT molecular complexity index is 732. The molecule has 0 spiro atoms. The van der Waals surface area contributed by atoms with Gasteiger partial charge in [0.25, 0.3) is 0 Å². The minimum atomic E-state index is -0.332. The van der Waals surface area contributed by atoms with E-state index in [1.165, 1.54) is 18.8 Å². The summed E-state index contributed by atoms with van der Waals surface area (Å²) in [6.45, 7) is 11.3. The van der Waals surface area contributed by atoms with Crippen molar-refractivity contribution >= 4 is 23.2 Å². The zero-order valence-electron chi connectivity index (χ0n) is 16.3. The third-order valence-electron chi connectivity index (χ3n) is 7.59. The number of hydrogen-bond acceptors (Lipinski definition) is 3. The predicted molar refractivity (Wildman–Crippen MR) is 104 cm³/mol. The van der Waals surface area contributed by atoms with Gasteiger partial charge in [0.1, 0.15) is 0 Å². The van der Waals surface area contributed by atoms with E-state index in [0.29, 0.717) is 23.8 Å². The molecule has 2 fully saturated rings. The van der Waals surface area contributed by atoms with E-state index in [4.69, 9.17) is 16.3 Å². The second kappa shape index (κ2) is 6.67. The van der Waals surface area contributed by atoms with E-state index in [9.17, 15) is 9.59 Å². The van der Waals surface area contributed by atoms with Crippen LogP contribution in [0, 0.1) is 22.7 Å². The number of hydrogen-bond donors (Lipinski definition) is 0. The summed E-state index contributed by atoms with van der Waals surface area (Å²) in [6, 6.07) is 0. The molecule has 0 amide bonds. The van der Waals surface area contributed by atoms with Crippen molar-refractivity contribution in [2.24, 2.45) is 22.7 Å². The highest BCUT2D eigenvalue weighted by atomic mass is 35.5. The zero-order valence-corrected chi connectivity index (χ0v) is 17.0. The first-order valence-electron chi connectivity index (χ1n) is 9.56. The third kappa shape index (κ3) is 2.79. The molecular weight excluding hydrogens is 348 g/mol. The standard InChI is InChI=1S/C22H29ClO3/c1-13-7-6-8-18-21(13,3)10-9-14(2)22(18,4)12-15-19(23)16(24)11-17(26-5)20(15)25/h11,14,18H,1,6-10,12H2,2-5H3/t14-,18+,21+,22+/m0/s1. The fraction of sp³-hybridized carbons (Fsp3) is 0.636. The van der Waals surface area contributed by atoms with Crippen LogP contribution >= 0.6 is 11.6 Å². The second-order valence-corrected chi connectivity index (χ2v) is 9.16. The number of Topliss-reactive ketones (excluding diaryl/α,β-unsaturated/α-hetero) is 1.